The predicted molar refractivity (Wildman–Crippen MR) is 100 cm³/mol. The monoisotopic (exact) mass is 422 g/mol. The van der Waals surface area contributed by atoms with E-state index < -0.39 is 0 Å². The second-order valence-electron chi connectivity index (χ2n) is 5.05. The van der Waals surface area contributed by atoms with Crippen LogP contribution in [-0.4, -0.2) is 31.1 Å². The third kappa shape index (κ3) is 5.34. The number of halogens is 2. The number of ether oxygens (including phenoxy) is 1. The van der Waals surface area contributed by atoms with Crippen molar-refractivity contribution in [3.63, 3.8) is 0 Å². The molecule has 0 bridgehead atoms. The molecule has 0 fully saturated rings. The molecule has 2 aromatic rings. The van der Waals surface area contributed by atoms with Crippen LogP contribution in [0.4, 0.5) is 5.82 Å². The summed E-state index contributed by atoms with van der Waals surface area (Å²) in [4.78, 5) is 16.3. The van der Waals surface area contributed by atoms with E-state index in [9.17, 15) is 4.79 Å². The first-order valence-electron chi connectivity index (χ1n) is 7.46. The van der Waals surface area contributed by atoms with E-state index in [1.54, 1.807) is 31.4 Å². The third-order valence-electron chi connectivity index (χ3n) is 3.32. The highest BCUT2D eigenvalue weighted by Crippen LogP contribution is 2.22. The summed E-state index contributed by atoms with van der Waals surface area (Å²) in [6, 6.07) is 8.76. The van der Waals surface area contributed by atoms with Crippen molar-refractivity contribution in [3.05, 3.63) is 51.1 Å². The van der Waals surface area contributed by atoms with Gasteiger partial charge in [0.15, 0.2) is 0 Å². The Labute approximate surface area is 159 Å². The summed E-state index contributed by atoms with van der Waals surface area (Å²) in [6.45, 7) is 1.07. The van der Waals surface area contributed by atoms with Crippen molar-refractivity contribution in [2.24, 2.45) is 0 Å². The molecule has 6 nitrogen and oxygen atoms in total. The van der Waals surface area contributed by atoms with E-state index in [4.69, 9.17) is 21.6 Å². The van der Waals surface area contributed by atoms with Gasteiger partial charge in [-0.15, -0.1) is 0 Å². The lowest BCUT2D eigenvalue weighted by Crippen LogP contribution is -2.26. The van der Waals surface area contributed by atoms with Crippen LogP contribution < -0.4 is 15.4 Å². The van der Waals surface area contributed by atoms with E-state index in [-0.39, 0.29) is 5.91 Å². The van der Waals surface area contributed by atoms with Gasteiger partial charge in [0.05, 0.1) is 23.3 Å². The molecule has 1 aromatic heterocycles. The van der Waals surface area contributed by atoms with Crippen LogP contribution in [-0.2, 0) is 0 Å². The van der Waals surface area contributed by atoms with Crippen LogP contribution in [0.3, 0.4) is 0 Å². The van der Waals surface area contributed by atoms with Gasteiger partial charge in [0.2, 0.25) is 0 Å². The molecule has 0 radical (unpaired) electrons. The number of carbonyl (C=O) groups excluding carboxylic acids is 1. The number of carbonyl (C=O) groups is 1. The first-order chi connectivity index (χ1) is 12.0. The van der Waals surface area contributed by atoms with E-state index >= 15 is 0 Å². The Morgan fingerprint density at radius 3 is 2.88 bits per heavy atom. The maximum Gasteiger partial charge on any atom is 0.252 e. The average Bonchev–Trinajstić information content (AvgIpc) is 2.62. The number of nitriles is 1. The lowest BCUT2D eigenvalue weighted by atomic mass is 10.2. The highest BCUT2D eigenvalue weighted by Gasteiger charge is 2.11. The highest BCUT2D eigenvalue weighted by molar-refractivity contribution is 9.10. The molecule has 0 aliphatic heterocycles. The van der Waals surface area contributed by atoms with Gasteiger partial charge in [-0.3, -0.25) is 4.79 Å². The Kier molecular flexibility index (Phi) is 7.04. The maximum absolute atomic E-state index is 12.2. The Morgan fingerprint density at radius 1 is 1.40 bits per heavy atom. The molecule has 1 amide bonds. The van der Waals surface area contributed by atoms with E-state index in [0.717, 1.165) is 0 Å². The number of hydrogen-bond donors (Lipinski definition) is 2. The van der Waals surface area contributed by atoms with Gasteiger partial charge in [-0.25, -0.2) is 4.98 Å². The zero-order chi connectivity index (χ0) is 18.2. The zero-order valence-corrected chi connectivity index (χ0v) is 15.8. The number of anilines is 1. The van der Waals surface area contributed by atoms with Crippen LogP contribution in [0, 0.1) is 11.3 Å². The normalized spacial score (nSPS) is 10.0. The van der Waals surface area contributed by atoms with Gasteiger partial charge in [-0.2, -0.15) is 5.26 Å². The minimum absolute atomic E-state index is 0.180. The Balaban J connectivity index is 1.80. The Hall–Kier alpha value is -2.30. The summed E-state index contributed by atoms with van der Waals surface area (Å²) in [5.74, 6) is 0.958. The van der Waals surface area contributed by atoms with Crippen LogP contribution in [0.15, 0.2) is 34.9 Å². The number of rotatable bonds is 7. The SMILES string of the molecule is COc1ccc(Br)c(C(=O)NCCCNc2ncc(C#N)cc2Cl)c1. The molecule has 0 saturated carbocycles. The van der Waals surface area contributed by atoms with Crippen LogP contribution in [0.1, 0.15) is 22.3 Å². The van der Waals surface area contributed by atoms with Crippen LogP contribution >= 0.6 is 27.5 Å². The summed E-state index contributed by atoms with van der Waals surface area (Å²) in [7, 11) is 1.55. The quantitative estimate of drug-likeness (QED) is 0.664. The molecule has 8 heteroatoms. The number of benzene rings is 1. The summed E-state index contributed by atoms with van der Waals surface area (Å²) < 4.78 is 5.84. The number of nitrogens with one attached hydrogen (secondary N) is 2. The number of hydrogen-bond acceptors (Lipinski definition) is 5. The van der Waals surface area contributed by atoms with Gasteiger partial charge >= 0.3 is 0 Å². The summed E-state index contributed by atoms with van der Waals surface area (Å²) in [5, 5.41) is 15.1. The molecule has 1 heterocycles. The molecular weight excluding hydrogens is 408 g/mol. The molecule has 0 spiro atoms. The van der Waals surface area contributed by atoms with Gasteiger partial charge in [0.25, 0.3) is 5.91 Å². The number of methoxy groups -OCH3 is 1. The van der Waals surface area contributed by atoms with E-state index in [1.807, 2.05) is 6.07 Å². The largest absolute Gasteiger partial charge is 0.497 e. The minimum Gasteiger partial charge on any atom is -0.497 e. The summed E-state index contributed by atoms with van der Waals surface area (Å²) >= 11 is 9.39. The smallest absolute Gasteiger partial charge is 0.252 e. The Bertz CT molecular complexity index is 808. The van der Waals surface area contributed by atoms with Crippen molar-refractivity contribution in [2.75, 3.05) is 25.5 Å². The fourth-order valence-electron chi connectivity index (χ4n) is 2.03. The van der Waals surface area contributed by atoms with Crippen molar-refractivity contribution < 1.29 is 9.53 Å². The average molecular weight is 424 g/mol. The van der Waals surface area contributed by atoms with E-state index in [1.165, 1.54) is 6.20 Å². The fourth-order valence-corrected chi connectivity index (χ4v) is 2.69. The molecule has 0 saturated heterocycles. The number of aromatic nitrogens is 1. The van der Waals surface area contributed by atoms with Gasteiger partial charge in [0, 0.05) is 23.8 Å². The first kappa shape index (κ1) is 19.0. The third-order valence-corrected chi connectivity index (χ3v) is 4.30. The molecule has 2 rings (SSSR count). The van der Waals surface area contributed by atoms with Crippen LogP contribution in [0.5, 0.6) is 5.75 Å². The van der Waals surface area contributed by atoms with Gasteiger partial charge in [-0.1, -0.05) is 11.6 Å². The molecule has 2 N–H and O–H groups in total. The highest BCUT2D eigenvalue weighted by atomic mass is 79.9. The number of amides is 1. The van der Waals surface area contributed by atoms with Crippen molar-refractivity contribution in [2.45, 2.75) is 6.42 Å². The van der Waals surface area contributed by atoms with E-state index in [2.05, 4.69) is 31.5 Å². The lowest BCUT2D eigenvalue weighted by molar-refractivity contribution is 0.0952. The van der Waals surface area contributed by atoms with Gasteiger partial charge in [-0.05, 0) is 46.6 Å². The van der Waals surface area contributed by atoms with Crippen molar-refractivity contribution >= 4 is 39.3 Å². The first-order valence-corrected chi connectivity index (χ1v) is 8.63. The van der Waals surface area contributed by atoms with Crippen molar-refractivity contribution in [3.8, 4) is 11.8 Å². The maximum atomic E-state index is 12.2. The molecule has 130 valence electrons. The topological polar surface area (TPSA) is 87.0 Å². The minimum atomic E-state index is -0.180. The summed E-state index contributed by atoms with van der Waals surface area (Å²) in [5.41, 5.74) is 0.927. The second kappa shape index (κ2) is 9.25. The van der Waals surface area contributed by atoms with Crippen molar-refractivity contribution in [1.82, 2.24) is 10.3 Å². The van der Waals surface area contributed by atoms with Gasteiger partial charge < -0.3 is 15.4 Å². The van der Waals surface area contributed by atoms with Gasteiger partial charge in [0.1, 0.15) is 17.6 Å². The molecule has 0 unspecified atom stereocenters. The summed E-state index contributed by atoms with van der Waals surface area (Å²) in [6.07, 6.45) is 2.14. The fraction of sp³-hybridized carbons (Fsp3) is 0.235. The second-order valence-corrected chi connectivity index (χ2v) is 6.31. The van der Waals surface area contributed by atoms with Crippen molar-refractivity contribution in [1.29, 1.82) is 5.26 Å². The Morgan fingerprint density at radius 2 is 2.20 bits per heavy atom. The zero-order valence-electron chi connectivity index (χ0n) is 13.5. The molecule has 0 aliphatic rings. The standard InChI is InChI=1S/C17H16BrClN4O2/c1-25-12-3-4-14(18)13(8-12)17(24)22-6-2-5-21-16-15(19)7-11(9-20)10-23-16/h3-4,7-8,10H,2,5-6H2,1H3,(H,21,23)(H,22,24). The lowest BCUT2D eigenvalue weighted by Gasteiger charge is -2.10. The predicted octanol–water partition coefficient (Wildman–Crippen LogP) is 3.61. The van der Waals surface area contributed by atoms with E-state index in [0.29, 0.717) is 51.7 Å². The molecular formula is C17H16BrClN4O2. The molecule has 1 aromatic carbocycles. The molecule has 0 aliphatic carbocycles. The number of nitrogens with zero attached hydrogens (tertiary/aromatic N) is 2. The molecule has 0 atom stereocenters. The number of pyridine rings is 1. The van der Waals surface area contributed by atoms with Crippen LogP contribution in [0.2, 0.25) is 5.02 Å². The van der Waals surface area contributed by atoms with Crippen LogP contribution in [0.25, 0.3) is 0 Å². The molecule has 25 heavy (non-hydrogen) atoms.